The van der Waals surface area contributed by atoms with Gasteiger partial charge in [0.25, 0.3) is 5.91 Å². The van der Waals surface area contributed by atoms with Gasteiger partial charge in [-0.3, -0.25) is 4.79 Å². The molecule has 0 aliphatic carbocycles. The van der Waals surface area contributed by atoms with E-state index in [9.17, 15) is 9.59 Å². The maximum Gasteiger partial charge on any atom is 0.317 e. The van der Waals surface area contributed by atoms with E-state index in [0.717, 1.165) is 44.4 Å². The lowest BCUT2D eigenvalue weighted by molar-refractivity contribution is 0.0857. The first kappa shape index (κ1) is 20.6. The van der Waals surface area contributed by atoms with E-state index in [4.69, 9.17) is 4.74 Å². The zero-order chi connectivity index (χ0) is 19.9. The minimum Gasteiger partial charge on any atom is -0.376 e. The lowest BCUT2D eigenvalue weighted by Crippen LogP contribution is -2.49. The second-order valence-electron chi connectivity index (χ2n) is 8.06. The Bertz CT molecular complexity index is 673. The number of carbonyl (C=O) groups is 2. The third-order valence-electron chi connectivity index (χ3n) is 5.97. The van der Waals surface area contributed by atoms with Gasteiger partial charge in [-0.25, -0.2) is 4.79 Å². The van der Waals surface area contributed by atoms with Crippen LogP contribution in [0.15, 0.2) is 24.3 Å². The molecule has 6 nitrogen and oxygen atoms in total. The van der Waals surface area contributed by atoms with Crippen LogP contribution in [-0.4, -0.2) is 48.7 Å². The zero-order valence-corrected chi connectivity index (χ0v) is 17.1. The Hall–Kier alpha value is -2.08. The summed E-state index contributed by atoms with van der Waals surface area (Å²) >= 11 is 0. The molecule has 6 heteroatoms. The van der Waals surface area contributed by atoms with Gasteiger partial charge in [0, 0.05) is 37.8 Å². The summed E-state index contributed by atoms with van der Waals surface area (Å²) in [6.07, 6.45) is 5.56. The monoisotopic (exact) mass is 387 g/mol. The highest BCUT2D eigenvalue weighted by molar-refractivity contribution is 5.94. The van der Waals surface area contributed by atoms with Crippen LogP contribution in [0.25, 0.3) is 0 Å². The number of carbonyl (C=O) groups excluding carboxylic acids is 2. The highest BCUT2D eigenvalue weighted by Gasteiger charge is 2.27. The lowest BCUT2D eigenvalue weighted by atomic mass is 9.92. The average Bonchev–Trinajstić information content (AvgIpc) is 3.24. The third kappa shape index (κ3) is 5.47. The molecule has 154 valence electrons. The summed E-state index contributed by atoms with van der Waals surface area (Å²) in [4.78, 5) is 27.0. The van der Waals surface area contributed by atoms with Gasteiger partial charge in [-0.2, -0.15) is 0 Å². The molecular weight excluding hydrogens is 354 g/mol. The number of likely N-dealkylation sites (tertiary alicyclic amines) is 1. The molecule has 1 aromatic carbocycles. The quantitative estimate of drug-likeness (QED) is 0.787. The van der Waals surface area contributed by atoms with E-state index in [1.807, 2.05) is 23.1 Å². The molecule has 2 saturated heterocycles. The predicted molar refractivity (Wildman–Crippen MR) is 109 cm³/mol. The number of nitrogens with zero attached hydrogens (tertiary/aromatic N) is 1. The molecule has 0 aromatic heterocycles. The van der Waals surface area contributed by atoms with Crippen LogP contribution in [0.1, 0.15) is 61.9 Å². The molecule has 2 aliphatic rings. The Balaban J connectivity index is 1.50. The van der Waals surface area contributed by atoms with Crippen molar-refractivity contribution in [3.63, 3.8) is 0 Å². The molecule has 0 spiro atoms. The third-order valence-corrected chi connectivity index (χ3v) is 5.97. The van der Waals surface area contributed by atoms with Gasteiger partial charge in [0.1, 0.15) is 0 Å². The molecule has 1 unspecified atom stereocenters. The topological polar surface area (TPSA) is 70.7 Å². The summed E-state index contributed by atoms with van der Waals surface area (Å²) < 4.78 is 5.54. The summed E-state index contributed by atoms with van der Waals surface area (Å²) in [5.41, 5.74) is 1.54. The molecule has 0 radical (unpaired) electrons. The number of hydrogen-bond acceptors (Lipinski definition) is 3. The van der Waals surface area contributed by atoms with Crippen molar-refractivity contribution < 1.29 is 14.3 Å². The maximum absolute atomic E-state index is 12.6. The van der Waals surface area contributed by atoms with E-state index in [2.05, 4.69) is 24.5 Å². The Morgan fingerprint density at radius 3 is 2.82 bits per heavy atom. The first-order valence-corrected chi connectivity index (χ1v) is 10.6. The van der Waals surface area contributed by atoms with Gasteiger partial charge in [-0.1, -0.05) is 25.5 Å². The van der Waals surface area contributed by atoms with E-state index in [1.54, 1.807) is 6.07 Å². The first-order valence-electron chi connectivity index (χ1n) is 10.6. The van der Waals surface area contributed by atoms with Gasteiger partial charge in [0.15, 0.2) is 0 Å². The number of amides is 3. The van der Waals surface area contributed by atoms with Crippen LogP contribution in [0.2, 0.25) is 0 Å². The van der Waals surface area contributed by atoms with Crippen LogP contribution in [0.4, 0.5) is 4.79 Å². The fourth-order valence-corrected chi connectivity index (χ4v) is 4.01. The lowest BCUT2D eigenvalue weighted by Gasteiger charge is -2.37. The molecular formula is C22H33N3O3. The summed E-state index contributed by atoms with van der Waals surface area (Å²) in [5.74, 6) is 0.497. The normalized spacial score (nSPS) is 24.8. The van der Waals surface area contributed by atoms with Crippen LogP contribution in [0.3, 0.4) is 0 Å². The first-order chi connectivity index (χ1) is 13.6. The van der Waals surface area contributed by atoms with E-state index in [1.165, 1.54) is 6.42 Å². The molecule has 2 aliphatic heterocycles. The van der Waals surface area contributed by atoms with Crippen molar-refractivity contribution in [3.8, 4) is 0 Å². The largest absolute Gasteiger partial charge is 0.376 e. The Morgan fingerprint density at radius 2 is 2.07 bits per heavy atom. The van der Waals surface area contributed by atoms with Crippen LogP contribution in [0.5, 0.6) is 0 Å². The zero-order valence-electron chi connectivity index (χ0n) is 17.1. The van der Waals surface area contributed by atoms with Gasteiger partial charge < -0.3 is 20.3 Å². The van der Waals surface area contributed by atoms with Crippen molar-refractivity contribution in [1.29, 1.82) is 0 Å². The molecule has 1 aromatic rings. The second kappa shape index (κ2) is 9.92. The van der Waals surface area contributed by atoms with Crippen molar-refractivity contribution in [2.75, 3.05) is 19.7 Å². The SMILES string of the molecule is CC[C@@H]1CC[C@@H](C)N(C(=O)NCc2cccc(C(=O)NCC3CCCO3)c2)C1. The van der Waals surface area contributed by atoms with Gasteiger partial charge >= 0.3 is 6.03 Å². The molecule has 0 bridgehead atoms. The Kier molecular flexibility index (Phi) is 7.31. The van der Waals surface area contributed by atoms with Crippen molar-refractivity contribution in [2.45, 2.75) is 64.6 Å². The molecule has 28 heavy (non-hydrogen) atoms. The number of benzene rings is 1. The summed E-state index contributed by atoms with van der Waals surface area (Å²) in [6, 6.07) is 7.70. The van der Waals surface area contributed by atoms with Crippen molar-refractivity contribution in [3.05, 3.63) is 35.4 Å². The standard InChI is InChI=1S/C22H33N3O3/c1-3-17-10-9-16(2)25(15-17)22(27)24-13-18-6-4-7-19(12-18)21(26)23-14-20-8-5-11-28-20/h4,6-7,12,16-17,20H,3,5,8-11,13-15H2,1-2H3,(H,23,26)(H,24,27)/t16-,17-,20?/m1/s1. The number of urea groups is 1. The maximum atomic E-state index is 12.6. The van der Waals surface area contributed by atoms with Gasteiger partial charge in [-0.15, -0.1) is 0 Å². The predicted octanol–water partition coefficient (Wildman–Crippen LogP) is 3.32. The average molecular weight is 388 g/mol. The van der Waals surface area contributed by atoms with Crippen molar-refractivity contribution in [1.82, 2.24) is 15.5 Å². The van der Waals surface area contributed by atoms with Crippen LogP contribution < -0.4 is 10.6 Å². The fraction of sp³-hybridized carbons (Fsp3) is 0.636. The smallest absolute Gasteiger partial charge is 0.317 e. The number of ether oxygens (including phenoxy) is 1. The second-order valence-corrected chi connectivity index (χ2v) is 8.06. The van der Waals surface area contributed by atoms with Crippen LogP contribution >= 0.6 is 0 Å². The van der Waals surface area contributed by atoms with Crippen molar-refractivity contribution >= 4 is 11.9 Å². The van der Waals surface area contributed by atoms with Crippen LogP contribution in [-0.2, 0) is 11.3 Å². The van der Waals surface area contributed by atoms with Crippen molar-refractivity contribution in [2.24, 2.45) is 5.92 Å². The highest BCUT2D eigenvalue weighted by Crippen LogP contribution is 2.24. The Morgan fingerprint density at radius 1 is 1.21 bits per heavy atom. The number of rotatable bonds is 6. The minimum atomic E-state index is -0.0980. The molecule has 0 saturated carbocycles. The molecule has 3 amide bonds. The highest BCUT2D eigenvalue weighted by atomic mass is 16.5. The molecule has 2 fully saturated rings. The van der Waals surface area contributed by atoms with E-state index in [-0.39, 0.29) is 24.1 Å². The Labute approximate surface area is 168 Å². The molecule has 2 N–H and O–H groups in total. The summed E-state index contributed by atoms with van der Waals surface area (Å²) in [7, 11) is 0. The summed E-state index contributed by atoms with van der Waals surface area (Å²) in [5, 5.41) is 5.96. The van der Waals surface area contributed by atoms with E-state index < -0.39 is 0 Å². The number of hydrogen-bond donors (Lipinski definition) is 2. The number of piperidine rings is 1. The van der Waals surface area contributed by atoms with Gasteiger partial charge in [0.2, 0.25) is 0 Å². The summed E-state index contributed by atoms with van der Waals surface area (Å²) in [6.45, 7) is 6.88. The molecule has 3 atom stereocenters. The number of nitrogens with one attached hydrogen (secondary N) is 2. The fourth-order valence-electron chi connectivity index (χ4n) is 4.01. The van der Waals surface area contributed by atoms with E-state index >= 15 is 0 Å². The minimum absolute atomic E-state index is 0.0149. The van der Waals surface area contributed by atoms with Gasteiger partial charge in [-0.05, 0) is 56.2 Å². The molecule has 2 heterocycles. The van der Waals surface area contributed by atoms with Gasteiger partial charge in [0.05, 0.1) is 6.10 Å². The van der Waals surface area contributed by atoms with E-state index in [0.29, 0.717) is 24.6 Å². The molecule has 3 rings (SSSR count). The van der Waals surface area contributed by atoms with Crippen LogP contribution in [0, 0.1) is 5.92 Å².